The molecule has 23 heavy (non-hydrogen) atoms. The summed E-state index contributed by atoms with van der Waals surface area (Å²) in [5, 5.41) is 4.08. The van der Waals surface area contributed by atoms with Crippen LogP contribution in [0.15, 0.2) is 17.3 Å². The van der Waals surface area contributed by atoms with Crippen LogP contribution in [0.3, 0.4) is 0 Å². The lowest BCUT2D eigenvalue weighted by Crippen LogP contribution is -2.43. The zero-order valence-electron chi connectivity index (χ0n) is 13.6. The van der Waals surface area contributed by atoms with Gasteiger partial charge in [0.25, 0.3) is 5.91 Å². The van der Waals surface area contributed by atoms with Crippen molar-refractivity contribution in [3.63, 3.8) is 0 Å². The van der Waals surface area contributed by atoms with Crippen LogP contribution in [0.5, 0.6) is 0 Å². The molecular formula is C15H24N6OS. The summed E-state index contributed by atoms with van der Waals surface area (Å²) in [5.41, 5.74) is 11.6. The van der Waals surface area contributed by atoms with Crippen LogP contribution >= 0.6 is 11.8 Å². The molecule has 0 aromatic carbocycles. The van der Waals surface area contributed by atoms with Gasteiger partial charge in [0, 0.05) is 19.1 Å². The van der Waals surface area contributed by atoms with Crippen LogP contribution in [0.1, 0.15) is 36.7 Å². The first-order chi connectivity index (χ1) is 11.0. The molecule has 0 unspecified atom stereocenters. The molecule has 1 atom stereocenters. The second-order valence-electron chi connectivity index (χ2n) is 5.44. The van der Waals surface area contributed by atoms with Crippen LogP contribution in [0.4, 0.5) is 11.6 Å². The smallest absolute Gasteiger partial charge is 0.271 e. The van der Waals surface area contributed by atoms with Gasteiger partial charge in [0.1, 0.15) is 5.82 Å². The predicted molar refractivity (Wildman–Crippen MR) is 95.5 cm³/mol. The van der Waals surface area contributed by atoms with Crippen molar-refractivity contribution in [2.24, 2.45) is 11.5 Å². The normalized spacial score (nSPS) is 18.8. The summed E-state index contributed by atoms with van der Waals surface area (Å²) in [7, 11) is 0. The van der Waals surface area contributed by atoms with Gasteiger partial charge in [-0.2, -0.15) is 0 Å². The molecule has 0 radical (unpaired) electrons. The maximum Gasteiger partial charge on any atom is 0.271 e. The van der Waals surface area contributed by atoms with E-state index in [1.54, 1.807) is 18.0 Å². The lowest BCUT2D eigenvalue weighted by molar-refractivity contribution is 0.0996. The SMILES string of the molecule is CC/C=C(/Nc1nc(N2CCC[C@@H](N)C2)cnc1C(N)=O)SC. The Balaban J connectivity index is 2.31. The number of piperidine rings is 1. The summed E-state index contributed by atoms with van der Waals surface area (Å²) < 4.78 is 0. The van der Waals surface area contributed by atoms with E-state index < -0.39 is 5.91 Å². The van der Waals surface area contributed by atoms with Gasteiger partial charge in [0.15, 0.2) is 11.5 Å². The Labute approximate surface area is 140 Å². The summed E-state index contributed by atoms with van der Waals surface area (Å²) in [4.78, 5) is 22.5. The number of carbonyl (C=O) groups excluding carboxylic acids is 1. The first-order valence-electron chi connectivity index (χ1n) is 7.73. The fourth-order valence-electron chi connectivity index (χ4n) is 2.51. The number of hydrogen-bond donors (Lipinski definition) is 3. The molecule has 8 heteroatoms. The minimum absolute atomic E-state index is 0.138. The van der Waals surface area contributed by atoms with Crippen molar-refractivity contribution >= 4 is 29.3 Å². The van der Waals surface area contributed by atoms with E-state index in [0.717, 1.165) is 37.4 Å². The molecule has 1 aliphatic rings. The van der Waals surface area contributed by atoms with Gasteiger partial charge in [-0.25, -0.2) is 9.97 Å². The second-order valence-corrected chi connectivity index (χ2v) is 6.29. The van der Waals surface area contributed by atoms with Gasteiger partial charge in [-0.1, -0.05) is 13.0 Å². The molecule has 126 valence electrons. The van der Waals surface area contributed by atoms with Gasteiger partial charge < -0.3 is 21.7 Å². The Morgan fingerprint density at radius 3 is 3.00 bits per heavy atom. The molecule has 0 saturated carbocycles. The standard InChI is InChI=1S/C15H24N6OS/c1-3-5-12(23-2)20-15-13(14(17)22)18-8-11(19-15)21-7-4-6-10(16)9-21/h5,8,10H,3-4,6-7,9,16H2,1-2H3,(H2,17,22)(H,19,20)/b12-5-/t10-/m1/s1. The third-order valence-corrected chi connectivity index (χ3v) is 4.33. The van der Waals surface area contributed by atoms with Crippen LogP contribution in [0.2, 0.25) is 0 Å². The summed E-state index contributed by atoms with van der Waals surface area (Å²) in [5.74, 6) is 0.506. The highest BCUT2D eigenvalue weighted by atomic mass is 32.2. The van der Waals surface area contributed by atoms with Gasteiger partial charge in [-0.3, -0.25) is 4.79 Å². The molecule has 1 aromatic rings. The first-order valence-corrected chi connectivity index (χ1v) is 8.96. The molecule has 0 aliphatic carbocycles. The van der Waals surface area contributed by atoms with Crippen LogP contribution < -0.4 is 21.7 Å². The molecule has 1 fully saturated rings. The summed E-state index contributed by atoms with van der Waals surface area (Å²) >= 11 is 1.55. The van der Waals surface area contributed by atoms with Crippen molar-refractivity contribution in [3.05, 3.63) is 23.0 Å². The lowest BCUT2D eigenvalue weighted by Gasteiger charge is -2.31. The van der Waals surface area contributed by atoms with E-state index in [9.17, 15) is 4.79 Å². The molecule has 2 heterocycles. The van der Waals surface area contributed by atoms with Gasteiger partial charge in [0.05, 0.1) is 11.2 Å². The largest absolute Gasteiger partial charge is 0.364 e. The number of primary amides is 1. The van der Waals surface area contributed by atoms with Crippen LogP contribution in [-0.4, -0.2) is 41.3 Å². The zero-order chi connectivity index (χ0) is 16.8. The van der Waals surface area contributed by atoms with E-state index >= 15 is 0 Å². The van der Waals surface area contributed by atoms with E-state index in [2.05, 4.69) is 20.2 Å². The molecule has 1 amide bonds. The molecule has 0 spiro atoms. The number of hydrogen-bond acceptors (Lipinski definition) is 7. The highest BCUT2D eigenvalue weighted by Crippen LogP contribution is 2.23. The molecule has 7 nitrogen and oxygen atoms in total. The molecule has 1 aliphatic heterocycles. The van der Waals surface area contributed by atoms with Crippen molar-refractivity contribution in [2.45, 2.75) is 32.2 Å². The van der Waals surface area contributed by atoms with E-state index in [1.807, 2.05) is 19.3 Å². The van der Waals surface area contributed by atoms with Gasteiger partial charge >= 0.3 is 0 Å². The Bertz CT molecular complexity index is 591. The Morgan fingerprint density at radius 1 is 1.61 bits per heavy atom. The second kappa shape index (κ2) is 8.16. The van der Waals surface area contributed by atoms with E-state index in [1.165, 1.54) is 0 Å². The van der Waals surface area contributed by atoms with Crippen molar-refractivity contribution in [1.82, 2.24) is 9.97 Å². The number of allylic oxidation sites excluding steroid dienone is 1. The quantitative estimate of drug-likeness (QED) is 0.722. The summed E-state index contributed by atoms with van der Waals surface area (Å²) in [6, 6.07) is 0.138. The van der Waals surface area contributed by atoms with Gasteiger partial charge in [-0.15, -0.1) is 11.8 Å². The van der Waals surface area contributed by atoms with Crippen LogP contribution in [0, 0.1) is 0 Å². The predicted octanol–water partition coefficient (Wildman–Crippen LogP) is 1.53. The molecule has 5 N–H and O–H groups in total. The van der Waals surface area contributed by atoms with Gasteiger partial charge in [0.2, 0.25) is 0 Å². The molecule has 0 bridgehead atoms. The highest BCUT2D eigenvalue weighted by molar-refractivity contribution is 8.02. The monoisotopic (exact) mass is 336 g/mol. The zero-order valence-corrected chi connectivity index (χ0v) is 14.4. The molecular weight excluding hydrogens is 312 g/mol. The average Bonchev–Trinajstić information content (AvgIpc) is 2.54. The Morgan fingerprint density at radius 2 is 2.39 bits per heavy atom. The topological polar surface area (TPSA) is 110 Å². The number of carbonyl (C=O) groups is 1. The minimum Gasteiger partial charge on any atom is -0.364 e. The maximum atomic E-state index is 11.6. The number of rotatable bonds is 6. The van der Waals surface area contributed by atoms with Gasteiger partial charge in [-0.05, 0) is 25.5 Å². The Kier molecular flexibility index (Phi) is 6.23. The fourth-order valence-corrected chi connectivity index (χ4v) is 3.04. The highest BCUT2D eigenvalue weighted by Gasteiger charge is 2.21. The molecule has 2 rings (SSSR count). The number of nitrogens with two attached hydrogens (primary N) is 2. The number of thioether (sulfide) groups is 1. The average molecular weight is 336 g/mol. The van der Waals surface area contributed by atoms with E-state index in [4.69, 9.17) is 11.5 Å². The first kappa shape index (κ1) is 17.6. The minimum atomic E-state index is -0.598. The third kappa shape index (κ3) is 4.59. The van der Waals surface area contributed by atoms with E-state index in [-0.39, 0.29) is 11.7 Å². The number of nitrogens with zero attached hydrogens (tertiary/aromatic N) is 3. The third-order valence-electron chi connectivity index (χ3n) is 3.63. The number of aromatic nitrogens is 2. The van der Waals surface area contributed by atoms with Crippen molar-refractivity contribution in [1.29, 1.82) is 0 Å². The van der Waals surface area contributed by atoms with Crippen molar-refractivity contribution in [3.8, 4) is 0 Å². The van der Waals surface area contributed by atoms with Crippen LogP contribution in [0.25, 0.3) is 0 Å². The number of amides is 1. The summed E-state index contributed by atoms with van der Waals surface area (Å²) in [6.07, 6.45) is 8.49. The number of nitrogens with one attached hydrogen (secondary N) is 1. The van der Waals surface area contributed by atoms with Crippen molar-refractivity contribution < 1.29 is 4.79 Å². The number of anilines is 2. The maximum absolute atomic E-state index is 11.6. The fraction of sp³-hybridized carbons (Fsp3) is 0.533. The summed E-state index contributed by atoms with van der Waals surface area (Å²) in [6.45, 7) is 3.67. The Hall–Kier alpha value is -1.80. The van der Waals surface area contributed by atoms with Crippen LogP contribution in [-0.2, 0) is 0 Å². The molecule has 1 aromatic heterocycles. The van der Waals surface area contributed by atoms with Crippen molar-refractivity contribution in [2.75, 3.05) is 29.6 Å². The molecule has 1 saturated heterocycles. The lowest BCUT2D eigenvalue weighted by atomic mass is 10.1. The van der Waals surface area contributed by atoms with E-state index in [0.29, 0.717) is 11.6 Å².